The van der Waals surface area contributed by atoms with E-state index < -0.39 is 10.0 Å². The van der Waals surface area contributed by atoms with E-state index in [1.165, 1.54) is 22.5 Å². The van der Waals surface area contributed by atoms with Crippen LogP contribution in [0, 0.1) is 11.3 Å². The molecule has 0 saturated carbocycles. The highest BCUT2D eigenvalue weighted by Gasteiger charge is 2.28. The van der Waals surface area contributed by atoms with Crippen molar-refractivity contribution in [2.24, 2.45) is 0 Å². The van der Waals surface area contributed by atoms with E-state index in [4.69, 9.17) is 16.9 Å². The number of hydrogen-bond donors (Lipinski definition) is 0. The van der Waals surface area contributed by atoms with Crippen molar-refractivity contribution in [2.45, 2.75) is 37.6 Å². The predicted octanol–water partition coefficient (Wildman–Crippen LogP) is 3.02. The quantitative estimate of drug-likeness (QED) is 0.839. The SMILES string of the molecule is CCC(CC)N(C)S(=O)(=O)c1cc(C#N)ccc1Cl. The zero-order valence-electron chi connectivity index (χ0n) is 11.2. The van der Waals surface area contributed by atoms with Crippen LogP contribution in [0.2, 0.25) is 5.02 Å². The van der Waals surface area contributed by atoms with Crippen LogP contribution in [-0.2, 0) is 10.0 Å². The standard InChI is InChI=1S/C13H17ClN2O2S/c1-4-11(5-2)16(3)19(17,18)13-8-10(9-15)6-7-12(13)14/h6-8,11H,4-5H2,1-3H3. The van der Waals surface area contributed by atoms with Gasteiger partial charge in [0.15, 0.2) is 0 Å². The van der Waals surface area contributed by atoms with Crippen molar-refractivity contribution in [1.29, 1.82) is 5.26 Å². The highest BCUT2D eigenvalue weighted by molar-refractivity contribution is 7.89. The van der Waals surface area contributed by atoms with Gasteiger partial charge >= 0.3 is 0 Å². The van der Waals surface area contributed by atoms with Gasteiger partial charge < -0.3 is 0 Å². The van der Waals surface area contributed by atoms with E-state index in [0.717, 1.165) is 12.8 Å². The van der Waals surface area contributed by atoms with Crippen molar-refractivity contribution >= 4 is 21.6 Å². The molecule has 0 N–H and O–H groups in total. The molecule has 0 aromatic heterocycles. The van der Waals surface area contributed by atoms with Gasteiger partial charge in [0.05, 0.1) is 16.7 Å². The van der Waals surface area contributed by atoms with Gasteiger partial charge in [0.1, 0.15) is 4.90 Å². The Labute approximate surface area is 119 Å². The third kappa shape index (κ3) is 3.27. The number of halogens is 1. The molecular weight excluding hydrogens is 284 g/mol. The van der Waals surface area contributed by atoms with Crippen molar-refractivity contribution < 1.29 is 8.42 Å². The van der Waals surface area contributed by atoms with Gasteiger partial charge in [0.2, 0.25) is 10.0 Å². The predicted molar refractivity (Wildman–Crippen MR) is 75.5 cm³/mol. The second-order valence-corrected chi connectivity index (χ2v) is 6.62. The fourth-order valence-corrected chi connectivity index (χ4v) is 3.93. The molecule has 0 aliphatic heterocycles. The van der Waals surface area contributed by atoms with Gasteiger partial charge in [0, 0.05) is 13.1 Å². The second-order valence-electron chi connectivity index (χ2n) is 4.25. The number of benzene rings is 1. The summed E-state index contributed by atoms with van der Waals surface area (Å²) in [6.45, 7) is 3.88. The normalized spacial score (nSPS) is 11.8. The maximum Gasteiger partial charge on any atom is 0.244 e. The molecule has 6 heteroatoms. The maximum absolute atomic E-state index is 12.5. The fourth-order valence-electron chi connectivity index (χ4n) is 1.92. The Morgan fingerprint density at radius 2 is 1.95 bits per heavy atom. The average Bonchev–Trinajstić information content (AvgIpc) is 2.40. The molecule has 0 aliphatic carbocycles. The average molecular weight is 301 g/mol. The minimum Gasteiger partial charge on any atom is -0.207 e. The third-order valence-electron chi connectivity index (χ3n) is 3.17. The highest BCUT2D eigenvalue weighted by Crippen LogP contribution is 2.27. The zero-order chi connectivity index (χ0) is 14.6. The van der Waals surface area contributed by atoms with Gasteiger partial charge in [-0.05, 0) is 31.0 Å². The van der Waals surface area contributed by atoms with Crippen molar-refractivity contribution in [3.63, 3.8) is 0 Å². The Bertz CT molecular complexity index is 589. The number of nitrogens with zero attached hydrogens (tertiary/aromatic N) is 2. The van der Waals surface area contributed by atoms with Gasteiger partial charge in [-0.2, -0.15) is 9.57 Å². The number of hydrogen-bond acceptors (Lipinski definition) is 3. The zero-order valence-corrected chi connectivity index (χ0v) is 12.8. The molecular formula is C13H17ClN2O2S. The number of nitriles is 1. The molecule has 0 spiro atoms. The minimum atomic E-state index is -3.68. The first-order valence-corrected chi connectivity index (χ1v) is 7.87. The molecule has 1 aromatic carbocycles. The molecule has 1 aromatic rings. The van der Waals surface area contributed by atoms with Crippen molar-refractivity contribution in [2.75, 3.05) is 7.05 Å². The van der Waals surface area contributed by atoms with E-state index in [-0.39, 0.29) is 21.5 Å². The number of sulfonamides is 1. The molecule has 0 aliphatic rings. The molecule has 0 unspecified atom stereocenters. The van der Waals surface area contributed by atoms with Gasteiger partial charge in [0.25, 0.3) is 0 Å². The number of rotatable bonds is 5. The first-order valence-electron chi connectivity index (χ1n) is 6.06. The van der Waals surface area contributed by atoms with E-state index in [0.29, 0.717) is 0 Å². The summed E-state index contributed by atoms with van der Waals surface area (Å²) in [7, 11) is -2.13. The maximum atomic E-state index is 12.5. The molecule has 0 radical (unpaired) electrons. The Kier molecular flexibility index (Phi) is 5.36. The van der Waals surface area contributed by atoms with Crippen LogP contribution in [0.1, 0.15) is 32.3 Å². The highest BCUT2D eigenvalue weighted by atomic mass is 35.5. The molecule has 0 fully saturated rings. The summed E-state index contributed by atoms with van der Waals surface area (Å²) in [5, 5.41) is 8.99. The lowest BCUT2D eigenvalue weighted by Gasteiger charge is -2.25. The molecule has 0 heterocycles. The summed E-state index contributed by atoms with van der Waals surface area (Å²) < 4.78 is 26.4. The molecule has 4 nitrogen and oxygen atoms in total. The molecule has 0 saturated heterocycles. The summed E-state index contributed by atoms with van der Waals surface area (Å²) in [6, 6.07) is 6.10. The Hall–Kier alpha value is -1.09. The topological polar surface area (TPSA) is 61.2 Å². The lowest BCUT2D eigenvalue weighted by atomic mass is 10.2. The monoisotopic (exact) mass is 300 g/mol. The Morgan fingerprint density at radius 1 is 1.37 bits per heavy atom. The van der Waals surface area contributed by atoms with E-state index in [2.05, 4.69) is 0 Å². The minimum absolute atomic E-state index is 0.0115. The first kappa shape index (κ1) is 16.0. The van der Waals surface area contributed by atoms with Crippen LogP contribution in [0.5, 0.6) is 0 Å². The summed E-state index contributed by atoms with van der Waals surface area (Å²) in [5.74, 6) is 0. The third-order valence-corrected chi connectivity index (χ3v) is 5.57. The molecule has 0 amide bonds. The molecule has 0 atom stereocenters. The fraction of sp³-hybridized carbons (Fsp3) is 0.462. The van der Waals surface area contributed by atoms with Crippen LogP contribution >= 0.6 is 11.6 Å². The van der Waals surface area contributed by atoms with Crippen molar-refractivity contribution in [1.82, 2.24) is 4.31 Å². The van der Waals surface area contributed by atoms with Crippen LogP contribution in [-0.4, -0.2) is 25.8 Å². The van der Waals surface area contributed by atoms with Gasteiger partial charge in [-0.3, -0.25) is 0 Å². The Balaban J connectivity index is 3.31. The van der Waals surface area contributed by atoms with Crippen LogP contribution in [0.25, 0.3) is 0 Å². The summed E-state index contributed by atoms with van der Waals surface area (Å²) in [4.78, 5) is -0.0115. The second kappa shape index (κ2) is 6.38. The summed E-state index contributed by atoms with van der Waals surface area (Å²) >= 11 is 5.96. The van der Waals surface area contributed by atoms with Crippen molar-refractivity contribution in [3.8, 4) is 6.07 Å². The first-order chi connectivity index (χ1) is 8.88. The lowest BCUT2D eigenvalue weighted by Crippen LogP contribution is -2.36. The molecule has 19 heavy (non-hydrogen) atoms. The van der Waals surface area contributed by atoms with Gasteiger partial charge in [-0.1, -0.05) is 25.4 Å². The van der Waals surface area contributed by atoms with Gasteiger partial charge in [-0.15, -0.1) is 0 Å². The Morgan fingerprint density at radius 3 is 2.42 bits per heavy atom. The van der Waals surface area contributed by atoms with E-state index in [1.807, 2.05) is 19.9 Å². The summed E-state index contributed by atoms with van der Waals surface area (Å²) in [5.41, 5.74) is 0.279. The molecule has 104 valence electrons. The van der Waals surface area contributed by atoms with Crippen LogP contribution in [0.15, 0.2) is 23.1 Å². The van der Waals surface area contributed by atoms with E-state index in [1.54, 1.807) is 7.05 Å². The van der Waals surface area contributed by atoms with Crippen LogP contribution in [0.3, 0.4) is 0 Å². The summed E-state index contributed by atoms with van der Waals surface area (Å²) in [6.07, 6.45) is 1.45. The van der Waals surface area contributed by atoms with Gasteiger partial charge in [-0.25, -0.2) is 8.42 Å². The van der Waals surface area contributed by atoms with Crippen LogP contribution in [0.4, 0.5) is 0 Å². The van der Waals surface area contributed by atoms with Crippen LogP contribution < -0.4 is 0 Å². The molecule has 0 bridgehead atoms. The van der Waals surface area contributed by atoms with Crippen molar-refractivity contribution in [3.05, 3.63) is 28.8 Å². The van der Waals surface area contributed by atoms with E-state index >= 15 is 0 Å². The van der Waals surface area contributed by atoms with E-state index in [9.17, 15) is 8.42 Å². The lowest BCUT2D eigenvalue weighted by molar-refractivity contribution is 0.349. The smallest absolute Gasteiger partial charge is 0.207 e. The largest absolute Gasteiger partial charge is 0.244 e. The molecule has 1 rings (SSSR count).